The Morgan fingerprint density at radius 3 is 2.69 bits per heavy atom. The Morgan fingerprint density at radius 1 is 1.23 bits per heavy atom. The lowest BCUT2D eigenvalue weighted by atomic mass is 9.72. The van der Waals surface area contributed by atoms with Crippen molar-refractivity contribution in [3.05, 3.63) is 63.6 Å². The van der Waals surface area contributed by atoms with Crippen molar-refractivity contribution < 1.29 is 9.53 Å². The fourth-order valence-corrected chi connectivity index (χ4v) is 4.14. The number of hydrogen-bond donors (Lipinski definition) is 2. The van der Waals surface area contributed by atoms with Gasteiger partial charge in [-0.3, -0.25) is 4.79 Å². The van der Waals surface area contributed by atoms with Crippen molar-refractivity contribution >= 4 is 44.8 Å². The van der Waals surface area contributed by atoms with Gasteiger partial charge in [0.1, 0.15) is 0 Å². The Hall–Kier alpha value is -1.69. The van der Waals surface area contributed by atoms with E-state index in [4.69, 9.17) is 21.7 Å². The van der Waals surface area contributed by atoms with Gasteiger partial charge >= 0.3 is 0 Å². The largest absolute Gasteiger partial charge is 0.380 e. The molecule has 26 heavy (non-hydrogen) atoms. The van der Waals surface area contributed by atoms with Crippen molar-refractivity contribution in [2.45, 2.75) is 24.9 Å². The zero-order valence-corrected chi connectivity index (χ0v) is 16.7. The third-order valence-electron chi connectivity index (χ3n) is 4.72. The molecule has 0 bridgehead atoms. The molecule has 0 heterocycles. The second-order valence-corrected chi connectivity index (χ2v) is 7.82. The summed E-state index contributed by atoms with van der Waals surface area (Å²) in [6.45, 7) is 0. The van der Waals surface area contributed by atoms with E-state index in [9.17, 15) is 4.79 Å². The van der Waals surface area contributed by atoms with Gasteiger partial charge in [-0.25, -0.2) is 0 Å². The molecule has 0 radical (unpaired) electrons. The Balaban J connectivity index is 1.92. The summed E-state index contributed by atoms with van der Waals surface area (Å²) >= 11 is 9.57. The van der Waals surface area contributed by atoms with E-state index in [1.807, 2.05) is 48.5 Å². The van der Waals surface area contributed by atoms with E-state index in [1.165, 1.54) is 0 Å². The third kappa shape index (κ3) is 4.34. The van der Waals surface area contributed by atoms with E-state index in [-0.39, 0.29) is 17.9 Å². The topological polar surface area (TPSA) is 62.2 Å². The molecule has 0 saturated heterocycles. The standard InChI is InChI=1S/C20H20BrClN2O2/c1-26-18-11-15(23)10-17(12-4-2-6-14(22)8-12)19(18)20(25)24-16-7-3-5-13(21)9-16/h2-9,17-19,23H,10-11H2,1H3,(H,24,25)/t17-,18-,19?/m0/s1. The highest BCUT2D eigenvalue weighted by Gasteiger charge is 2.41. The molecule has 0 aromatic heterocycles. The van der Waals surface area contributed by atoms with E-state index < -0.39 is 5.92 Å². The maximum atomic E-state index is 13.1. The minimum absolute atomic E-state index is 0.104. The average Bonchev–Trinajstić information content (AvgIpc) is 2.60. The van der Waals surface area contributed by atoms with Crippen LogP contribution in [-0.4, -0.2) is 24.8 Å². The third-order valence-corrected chi connectivity index (χ3v) is 5.45. The van der Waals surface area contributed by atoms with Crippen molar-refractivity contribution in [2.75, 3.05) is 12.4 Å². The number of carbonyl (C=O) groups excluding carboxylic acids is 1. The number of amides is 1. The first-order chi connectivity index (χ1) is 12.5. The van der Waals surface area contributed by atoms with Crippen LogP contribution in [0.25, 0.3) is 0 Å². The van der Waals surface area contributed by atoms with Gasteiger partial charge in [0.2, 0.25) is 5.91 Å². The van der Waals surface area contributed by atoms with E-state index >= 15 is 0 Å². The number of benzene rings is 2. The smallest absolute Gasteiger partial charge is 0.230 e. The molecule has 4 nitrogen and oxygen atoms in total. The van der Waals surface area contributed by atoms with Crippen LogP contribution in [0.5, 0.6) is 0 Å². The lowest BCUT2D eigenvalue weighted by Crippen LogP contribution is -2.43. The molecule has 2 aromatic rings. The van der Waals surface area contributed by atoms with Gasteiger partial charge in [0, 0.05) is 40.3 Å². The Bertz CT molecular complexity index is 827. The Kier molecular flexibility index (Phi) is 6.12. The Labute approximate surface area is 166 Å². The minimum Gasteiger partial charge on any atom is -0.380 e. The fraction of sp³-hybridized carbons (Fsp3) is 0.300. The molecule has 1 aliphatic carbocycles. The maximum absolute atomic E-state index is 13.1. The predicted octanol–water partition coefficient (Wildman–Crippen LogP) is 5.27. The first kappa shape index (κ1) is 19.1. The molecule has 2 N–H and O–H groups in total. The SMILES string of the molecule is CO[C@H]1CC(=N)C[C@@H](c2cccc(Cl)c2)C1C(=O)Nc1cccc(Br)c1. The highest BCUT2D eigenvalue weighted by atomic mass is 79.9. The highest BCUT2D eigenvalue weighted by molar-refractivity contribution is 9.10. The molecule has 0 spiro atoms. The molecule has 6 heteroatoms. The molecule has 3 rings (SSSR count). The molecular weight excluding hydrogens is 416 g/mol. The fourth-order valence-electron chi connectivity index (χ4n) is 3.54. The van der Waals surface area contributed by atoms with E-state index in [0.717, 1.165) is 15.7 Å². The summed E-state index contributed by atoms with van der Waals surface area (Å²) in [6.07, 6.45) is 0.647. The number of hydrogen-bond acceptors (Lipinski definition) is 3. The van der Waals surface area contributed by atoms with Gasteiger partial charge in [-0.2, -0.15) is 0 Å². The van der Waals surface area contributed by atoms with Crippen LogP contribution in [0.1, 0.15) is 24.3 Å². The molecule has 2 aromatic carbocycles. The number of halogens is 2. The molecule has 136 valence electrons. The van der Waals surface area contributed by atoms with Crippen LogP contribution in [0.3, 0.4) is 0 Å². The summed E-state index contributed by atoms with van der Waals surface area (Å²) in [7, 11) is 1.59. The zero-order chi connectivity index (χ0) is 18.7. The van der Waals surface area contributed by atoms with Gasteiger partial charge in [0.25, 0.3) is 0 Å². The summed E-state index contributed by atoms with van der Waals surface area (Å²) in [5.41, 5.74) is 2.27. The maximum Gasteiger partial charge on any atom is 0.230 e. The lowest BCUT2D eigenvalue weighted by Gasteiger charge is -2.37. The van der Waals surface area contributed by atoms with Gasteiger partial charge in [-0.1, -0.05) is 45.7 Å². The second-order valence-electron chi connectivity index (χ2n) is 6.47. The number of methoxy groups -OCH3 is 1. The summed E-state index contributed by atoms with van der Waals surface area (Å²) in [5.74, 6) is -0.647. The van der Waals surface area contributed by atoms with Crippen molar-refractivity contribution in [1.29, 1.82) is 5.41 Å². The zero-order valence-electron chi connectivity index (χ0n) is 14.3. The van der Waals surface area contributed by atoms with Gasteiger partial charge < -0.3 is 15.5 Å². The predicted molar refractivity (Wildman–Crippen MR) is 108 cm³/mol. The number of nitrogens with one attached hydrogen (secondary N) is 2. The number of rotatable bonds is 4. The van der Waals surface area contributed by atoms with Crippen LogP contribution in [0.4, 0.5) is 5.69 Å². The van der Waals surface area contributed by atoms with Crippen LogP contribution in [-0.2, 0) is 9.53 Å². The lowest BCUT2D eigenvalue weighted by molar-refractivity contribution is -0.125. The number of carbonyl (C=O) groups is 1. The first-order valence-corrected chi connectivity index (χ1v) is 9.56. The molecule has 1 fully saturated rings. The average molecular weight is 436 g/mol. The number of ether oxygens (including phenoxy) is 1. The van der Waals surface area contributed by atoms with Crippen LogP contribution in [0.15, 0.2) is 53.0 Å². The monoisotopic (exact) mass is 434 g/mol. The van der Waals surface area contributed by atoms with Crippen LogP contribution >= 0.6 is 27.5 Å². The highest BCUT2D eigenvalue weighted by Crippen LogP contribution is 2.39. The number of anilines is 1. The summed E-state index contributed by atoms with van der Waals surface area (Å²) in [5, 5.41) is 11.8. The molecular formula is C20H20BrClN2O2. The van der Waals surface area contributed by atoms with E-state index in [0.29, 0.717) is 23.6 Å². The molecule has 1 aliphatic rings. The first-order valence-electron chi connectivity index (χ1n) is 8.39. The van der Waals surface area contributed by atoms with Crippen LogP contribution < -0.4 is 5.32 Å². The van der Waals surface area contributed by atoms with Crippen molar-refractivity contribution in [3.63, 3.8) is 0 Å². The quantitative estimate of drug-likeness (QED) is 0.687. The normalized spacial score (nSPS) is 22.9. The van der Waals surface area contributed by atoms with Crippen molar-refractivity contribution in [1.82, 2.24) is 0 Å². The van der Waals surface area contributed by atoms with E-state index in [2.05, 4.69) is 21.2 Å². The molecule has 1 saturated carbocycles. The Morgan fingerprint density at radius 2 is 2.00 bits per heavy atom. The molecule has 1 unspecified atom stereocenters. The van der Waals surface area contributed by atoms with E-state index in [1.54, 1.807) is 7.11 Å². The molecule has 0 aliphatic heterocycles. The molecule has 1 amide bonds. The van der Waals surface area contributed by atoms with Gasteiger partial charge in [-0.15, -0.1) is 0 Å². The van der Waals surface area contributed by atoms with Crippen LogP contribution in [0, 0.1) is 11.3 Å². The summed E-state index contributed by atoms with van der Waals surface area (Å²) < 4.78 is 6.49. The van der Waals surface area contributed by atoms with Crippen molar-refractivity contribution in [2.24, 2.45) is 5.92 Å². The molecule has 3 atom stereocenters. The second kappa shape index (κ2) is 8.33. The van der Waals surface area contributed by atoms with Crippen molar-refractivity contribution in [3.8, 4) is 0 Å². The summed E-state index contributed by atoms with van der Waals surface area (Å²) in [6, 6.07) is 15.0. The van der Waals surface area contributed by atoms with Gasteiger partial charge in [0.05, 0.1) is 12.0 Å². The van der Waals surface area contributed by atoms with Gasteiger partial charge in [0.15, 0.2) is 0 Å². The van der Waals surface area contributed by atoms with Gasteiger partial charge in [-0.05, 0) is 42.3 Å². The van der Waals surface area contributed by atoms with Crippen LogP contribution in [0.2, 0.25) is 5.02 Å². The minimum atomic E-state index is -0.397. The summed E-state index contributed by atoms with van der Waals surface area (Å²) in [4.78, 5) is 13.1.